The lowest BCUT2D eigenvalue weighted by atomic mass is 10.3. The number of halogens is 1. The number of rotatable bonds is 5. The van der Waals surface area contributed by atoms with Gasteiger partial charge in [0.2, 0.25) is 0 Å². The number of sulfonamides is 1. The molecule has 0 spiro atoms. The van der Waals surface area contributed by atoms with Crippen LogP contribution >= 0.6 is 11.3 Å². The molecule has 0 saturated carbocycles. The number of carbonyl (C=O) groups is 1. The van der Waals surface area contributed by atoms with Crippen molar-refractivity contribution in [2.45, 2.75) is 18.7 Å². The summed E-state index contributed by atoms with van der Waals surface area (Å²) in [5.74, 6) is -0.450. The number of nitrogens with zero attached hydrogens (tertiary/aromatic N) is 1. The lowest BCUT2D eigenvalue weighted by molar-refractivity contribution is 0.102. The molecule has 0 aliphatic carbocycles. The van der Waals surface area contributed by atoms with E-state index >= 15 is 0 Å². The Morgan fingerprint density at radius 1 is 1.23 bits per heavy atom. The van der Waals surface area contributed by atoms with Crippen LogP contribution < -0.4 is 10.0 Å². The molecule has 0 aliphatic rings. The van der Waals surface area contributed by atoms with Gasteiger partial charge < -0.3 is 9.84 Å². The van der Waals surface area contributed by atoms with Crippen LogP contribution in [0.1, 0.15) is 20.3 Å². The van der Waals surface area contributed by atoms with Crippen molar-refractivity contribution in [3.05, 3.63) is 57.7 Å². The Kier molecular flexibility index (Phi) is 4.79. The quantitative estimate of drug-likeness (QED) is 0.688. The number of thiophene rings is 1. The highest BCUT2D eigenvalue weighted by Gasteiger charge is 2.23. The van der Waals surface area contributed by atoms with E-state index in [9.17, 15) is 17.6 Å². The number of carbonyl (C=O) groups excluding carboxylic acids is 1. The lowest BCUT2D eigenvalue weighted by Crippen LogP contribution is -2.14. The molecule has 26 heavy (non-hydrogen) atoms. The third-order valence-electron chi connectivity index (χ3n) is 3.37. The van der Waals surface area contributed by atoms with Crippen LogP contribution in [0.2, 0.25) is 0 Å². The summed E-state index contributed by atoms with van der Waals surface area (Å²) in [6.07, 6.45) is 0. The maximum Gasteiger partial charge on any atom is 0.267 e. The molecule has 7 nitrogen and oxygen atoms in total. The number of hydrogen-bond acceptors (Lipinski definition) is 6. The summed E-state index contributed by atoms with van der Waals surface area (Å²) in [7, 11) is -4.04. The minimum Gasteiger partial charge on any atom is -0.360 e. The van der Waals surface area contributed by atoms with E-state index in [-0.39, 0.29) is 21.3 Å². The highest BCUT2D eigenvalue weighted by atomic mass is 32.2. The van der Waals surface area contributed by atoms with Crippen molar-refractivity contribution in [1.29, 1.82) is 0 Å². The molecule has 0 radical (unpaired) electrons. The summed E-state index contributed by atoms with van der Waals surface area (Å²) in [4.78, 5) is 12.8. The van der Waals surface area contributed by atoms with Gasteiger partial charge in [-0.2, -0.15) is 0 Å². The van der Waals surface area contributed by atoms with Gasteiger partial charge in [0.15, 0.2) is 5.82 Å². The molecule has 2 heterocycles. The SMILES string of the molecule is Cc1cc(NC(=O)c2cc(S(=O)(=O)Nc3ccccc3F)c(C)s2)no1. The second-order valence-electron chi connectivity index (χ2n) is 5.39. The van der Waals surface area contributed by atoms with Gasteiger partial charge in [0.1, 0.15) is 16.5 Å². The minimum absolute atomic E-state index is 0.0905. The van der Waals surface area contributed by atoms with Crippen molar-refractivity contribution in [2.24, 2.45) is 0 Å². The van der Waals surface area contributed by atoms with Crippen molar-refractivity contribution in [2.75, 3.05) is 10.0 Å². The van der Waals surface area contributed by atoms with Crippen LogP contribution in [0.25, 0.3) is 0 Å². The zero-order chi connectivity index (χ0) is 18.9. The van der Waals surface area contributed by atoms with Gasteiger partial charge in [-0.1, -0.05) is 17.3 Å². The number of aromatic nitrogens is 1. The second kappa shape index (κ2) is 6.89. The molecule has 136 valence electrons. The molecule has 0 saturated heterocycles. The van der Waals surface area contributed by atoms with Gasteiger partial charge in [-0.15, -0.1) is 11.3 Å². The van der Waals surface area contributed by atoms with Gasteiger partial charge in [-0.05, 0) is 32.0 Å². The van der Waals surface area contributed by atoms with Gasteiger partial charge in [-0.25, -0.2) is 12.8 Å². The van der Waals surface area contributed by atoms with Gasteiger partial charge in [0, 0.05) is 10.9 Å². The Hall–Kier alpha value is -2.72. The first-order valence-electron chi connectivity index (χ1n) is 7.39. The van der Waals surface area contributed by atoms with E-state index in [0.29, 0.717) is 10.6 Å². The van der Waals surface area contributed by atoms with E-state index in [2.05, 4.69) is 15.2 Å². The van der Waals surface area contributed by atoms with E-state index in [1.807, 2.05) is 0 Å². The Morgan fingerprint density at radius 2 is 1.96 bits per heavy atom. The minimum atomic E-state index is -4.04. The van der Waals surface area contributed by atoms with Crippen LogP contribution in [0.3, 0.4) is 0 Å². The predicted octanol–water partition coefficient (Wildman–Crippen LogP) is 3.55. The molecule has 0 atom stereocenters. The topological polar surface area (TPSA) is 101 Å². The van der Waals surface area contributed by atoms with E-state index in [4.69, 9.17) is 4.52 Å². The van der Waals surface area contributed by atoms with Crippen molar-refractivity contribution >= 4 is 38.8 Å². The maximum atomic E-state index is 13.7. The fourth-order valence-electron chi connectivity index (χ4n) is 2.19. The van der Waals surface area contributed by atoms with Crippen LogP contribution in [-0.2, 0) is 10.0 Å². The number of benzene rings is 1. The average Bonchev–Trinajstić information content (AvgIpc) is 3.15. The number of nitrogens with one attached hydrogen (secondary N) is 2. The largest absolute Gasteiger partial charge is 0.360 e. The normalized spacial score (nSPS) is 11.3. The first-order valence-corrected chi connectivity index (χ1v) is 9.68. The lowest BCUT2D eigenvalue weighted by Gasteiger charge is -2.08. The molecule has 2 aromatic heterocycles. The van der Waals surface area contributed by atoms with Crippen LogP contribution in [0.5, 0.6) is 0 Å². The zero-order valence-corrected chi connectivity index (χ0v) is 15.4. The van der Waals surface area contributed by atoms with Crippen molar-refractivity contribution in [1.82, 2.24) is 5.16 Å². The third-order valence-corrected chi connectivity index (χ3v) is 6.04. The fourth-order valence-corrected chi connectivity index (χ4v) is 4.75. The van der Waals surface area contributed by atoms with E-state index in [0.717, 1.165) is 17.4 Å². The number of amides is 1. The van der Waals surface area contributed by atoms with Crippen LogP contribution in [-0.4, -0.2) is 19.5 Å². The Labute approximate surface area is 152 Å². The summed E-state index contributed by atoms with van der Waals surface area (Å²) >= 11 is 1.01. The predicted molar refractivity (Wildman–Crippen MR) is 95.5 cm³/mol. The molecule has 3 rings (SSSR count). The highest BCUT2D eigenvalue weighted by Crippen LogP contribution is 2.28. The first kappa shape index (κ1) is 18.1. The standard InChI is InChI=1S/C16H14FN3O4S2/c1-9-7-15(19-24-9)18-16(21)13-8-14(10(2)25-13)26(22,23)20-12-6-4-3-5-11(12)17/h3-8,20H,1-2H3,(H,18,19,21). The second-order valence-corrected chi connectivity index (χ2v) is 8.30. The van der Waals surface area contributed by atoms with Gasteiger partial charge in [-0.3, -0.25) is 9.52 Å². The fraction of sp³-hybridized carbons (Fsp3) is 0.125. The van der Waals surface area contributed by atoms with Crippen molar-refractivity contribution in [3.63, 3.8) is 0 Å². The molecule has 0 fully saturated rings. The van der Waals surface area contributed by atoms with Gasteiger partial charge in [0.25, 0.3) is 15.9 Å². The van der Waals surface area contributed by atoms with Gasteiger partial charge in [0.05, 0.1) is 10.6 Å². The third kappa shape index (κ3) is 3.75. The van der Waals surface area contributed by atoms with E-state index in [1.54, 1.807) is 13.8 Å². The monoisotopic (exact) mass is 395 g/mol. The number of para-hydroxylation sites is 1. The van der Waals surface area contributed by atoms with Crippen LogP contribution in [0.4, 0.5) is 15.9 Å². The number of anilines is 2. The Bertz CT molecular complexity index is 1070. The van der Waals surface area contributed by atoms with Crippen LogP contribution in [0.15, 0.2) is 45.8 Å². The van der Waals surface area contributed by atoms with Crippen LogP contribution in [0, 0.1) is 19.7 Å². The first-order chi connectivity index (χ1) is 12.3. The molecular weight excluding hydrogens is 381 g/mol. The molecule has 2 N–H and O–H groups in total. The summed E-state index contributed by atoms with van der Waals surface area (Å²) in [6.45, 7) is 3.24. The van der Waals surface area contributed by atoms with Crippen molar-refractivity contribution in [3.8, 4) is 0 Å². The van der Waals surface area contributed by atoms with Gasteiger partial charge >= 0.3 is 0 Å². The smallest absolute Gasteiger partial charge is 0.267 e. The highest BCUT2D eigenvalue weighted by molar-refractivity contribution is 7.93. The van der Waals surface area contributed by atoms with Crippen molar-refractivity contribution < 1.29 is 22.1 Å². The Balaban J connectivity index is 1.85. The average molecular weight is 395 g/mol. The molecule has 10 heteroatoms. The maximum absolute atomic E-state index is 13.7. The molecule has 0 unspecified atom stereocenters. The Morgan fingerprint density at radius 3 is 2.62 bits per heavy atom. The molecule has 0 bridgehead atoms. The summed E-state index contributed by atoms with van der Waals surface area (Å²) in [6, 6.07) is 8.21. The molecular formula is C16H14FN3O4S2. The summed E-state index contributed by atoms with van der Waals surface area (Å²) in [5, 5.41) is 6.17. The van der Waals surface area contributed by atoms with E-state index in [1.165, 1.54) is 30.3 Å². The van der Waals surface area contributed by atoms with E-state index < -0.39 is 21.7 Å². The molecule has 0 aliphatic heterocycles. The summed E-state index contributed by atoms with van der Waals surface area (Å²) in [5.41, 5.74) is -0.165. The number of aryl methyl sites for hydroxylation is 2. The number of hydrogen-bond donors (Lipinski definition) is 2. The molecule has 3 aromatic rings. The molecule has 1 aromatic carbocycles. The molecule has 1 amide bonds. The summed E-state index contributed by atoms with van der Waals surface area (Å²) < 4.78 is 45.8. The zero-order valence-electron chi connectivity index (χ0n) is 13.7.